The lowest BCUT2D eigenvalue weighted by atomic mass is 10.2. The molecule has 0 aliphatic heterocycles. The summed E-state index contributed by atoms with van der Waals surface area (Å²) in [5.41, 5.74) is 11.1. The smallest absolute Gasteiger partial charge is 0.248 e. The number of hydrogen-bond donors (Lipinski definition) is 2. The van der Waals surface area contributed by atoms with Crippen LogP contribution in [0.5, 0.6) is 0 Å². The van der Waals surface area contributed by atoms with Crippen LogP contribution in [0.15, 0.2) is 23.1 Å². The summed E-state index contributed by atoms with van der Waals surface area (Å²) in [5.74, 6) is -0.644. The Labute approximate surface area is 119 Å². The van der Waals surface area contributed by atoms with Gasteiger partial charge in [0.1, 0.15) is 4.90 Å². The van der Waals surface area contributed by atoms with Crippen LogP contribution in [0.4, 0.5) is 5.69 Å². The second kappa shape index (κ2) is 6.23. The average Bonchev–Trinajstić information content (AvgIpc) is 2.39. The minimum atomic E-state index is -3.68. The Morgan fingerprint density at radius 2 is 1.85 bits per heavy atom. The predicted molar refractivity (Wildman–Crippen MR) is 78.7 cm³/mol. The third-order valence-electron chi connectivity index (χ3n) is 3.41. The first-order valence-corrected chi connectivity index (χ1v) is 7.87. The quantitative estimate of drug-likeness (QED) is 0.769. The molecule has 0 radical (unpaired) electrons. The van der Waals surface area contributed by atoms with Crippen molar-refractivity contribution in [3.8, 4) is 0 Å². The summed E-state index contributed by atoms with van der Waals surface area (Å²) in [7, 11) is -2.14. The maximum absolute atomic E-state index is 12.5. The number of nitrogens with two attached hydrogens (primary N) is 2. The topological polar surface area (TPSA) is 106 Å². The van der Waals surface area contributed by atoms with Gasteiger partial charge in [0.2, 0.25) is 15.9 Å². The van der Waals surface area contributed by atoms with Gasteiger partial charge in [0.15, 0.2) is 0 Å². The van der Waals surface area contributed by atoms with Crippen LogP contribution in [0, 0.1) is 0 Å². The van der Waals surface area contributed by atoms with Crippen LogP contribution in [0.3, 0.4) is 0 Å². The highest BCUT2D eigenvalue weighted by molar-refractivity contribution is 7.89. The van der Waals surface area contributed by atoms with Gasteiger partial charge in [-0.3, -0.25) is 4.79 Å². The SMILES string of the molecule is CCC(CC)N(C)S(=O)(=O)c1ccc(C(N)=O)cc1N. The Hall–Kier alpha value is -1.60. The van der Waals surface area contributed by atoms with Gasteiger partial charge in [0, 0.05) is 18.7 Å². The minimum absolute atomic E-state index is 0.00287. The molecule has 20 heavy (non-hydrogen) atoms. The highest BCUT2D eigenvalue weighted by Crippen LogP contribution is 2.25. The maximum atomic E-state index is 12.5. The molecule has 4 N–H and O–H groups in total. The van der Waals surface area contributed by atoms with Crippen LogP contribution < -0.4 is 11.5 Å². The number of hydrogen-bond acceptors (Lipinski definition) is 4. The lowest BCUT2D eigenvalue weighted by molar-refractivity contribution is 0.1000. The first-order valence-electron chi connectivity index (χ1n) is 6.43. The number of carbonyl (C=O) groups is 1. The Kier molecular flexibility index (Phi) is 5.13. The number of nitrogen functional groups attached to an aromatic ring is 1. The molecular formula is C13H21N3O3S. The Bertz CT molecular complexity index is 595. The third-order valence-corrected chi connectivity index (χ3v) is 5.39. The average molecular weight is 299 g/mol. The fourth-order valence-electron chi connectivity index (χ4n) is 2.09. The van der Waals surface area contributed by atoms with Crippen LogP contribution in [-0.4, -0.2) is 31.7 Å². The first-order chi connectivity index (χ1) is 9.25. The van der Waals surface area contributed by atoms with E-state index in [2.05, 4.69) is 0 Å². The van der Waals surface area contributed by atoms with E-state index in [9.17, 15) is 13.2 Å². The molecule has 1 amide bonds. The van der Waals surface area contributed by atoms with Crippen molar-refractivity contribution in [3.63, 3.8) is 0 Å². The van der Waals surface area contributed by atoms with E-state index < -0.39 is 15.9 Å². The van der Waals surface area contributed by atoms with E-state index in [-0.39, 0.29) is 22.2 Å². The Morgan fingerprint density at radius 3 is 2.25 bits per heavy atom. The number of anilines is 1. The van der Waals surface area contributed by atoms with Gasteiger partial charge in [0.25, 0.3) is 0 Å². The zero-order valence-electron chi connectivity index (χ0n) is 12.0. The Morgan fingerprint density at radius 1 is 1.30 bits per heavy atom. The van der Waals surface area contributed by atoms with Crippen LogP contribution in [-0.2, 0) is 10.0 Å². The molecule has 0 bridgehead atoms. The summed E-state index contributed by atoms with van der Waals surface area (Å²) in [4.78, 5) is 11.1. The molecule has 0 atom stereocenters. The van der Waals surface area contributed by atoms with E-state index >= 15 is 0 Å². The number of carbonyl (C=O) groups excluding carboxylic acids is 1. The molecule has 7 heteroatoms. The highest BCUT2D eigenvalue weighted by atomic mass is 32.2. The summed E-state index contributed by atoms with van der Waals surface area (Å²) < 4.78 is 26.4. The molecule has 0 fully saturated rings. The molecule has 6 nitrogen and oxygen atoms in total. The van der Waals surface area contributed by atoms with E-state index in [4.69, 9.17) is 11.5 Å². The van der Waals surface area contributed by atoms with Crippen LogP contribution in [0.1, 0.15) is 37.0 Å². The lowest BCUT2D eigenvalue weighted by Crippen LogP contribution is -2.36. The molecule has 0 spiro atoms. The molecule has 0 aliphatic carbocycles. The van der Waals surface area contributed by atoms with E-state index in [1.54, 1.807) is 0 Å². The molecular weight excluding hydrogens is 278 g/mol. The summed E-state index contributed by atoms with van der Waals surface area (Å²) in [6.45, 7) is 3.86. The number of rotatable bonds is 6. The first kappa shape index (κ1) is 16.5. The van der Waals surface area contributed by atoms with Gasteiger partial charge in [0.05, 0.1) is 5.69 Å². The molecule has 112 valence electrons. The molecule has 1 rings (SSSR count). The van der Waals surface area contributed by atoms with Gasteiger partial charge in [-0.2, -0.15) is 4.31 Å². The standard InChI is InChI=1S/C13H21N3O3S/c1-4-10(5-2)16(3)20(18,19)12-7-6-9(13(15)17)8-11(12)14/h6-8,10H,4-5,14H2,1-3H3,(H2,15,17). The van der Waals surface area contributed by atoms with Gasteiger partial charge in [-0.05, 0) is 31.0 Å². The van der Waals surface area contributed by atoms with Crippen molar-refractivity contribution in [1.29, 1.82) is 0 Å². The second-order valence-electron chi connectivity index (χ2n) is 4.61. The van der Waals surface area contributed by atoms with Crippen molar-refractivity contribution >= 4 is 21.6 Å². The Balaban J connectivity index is 3.26. The van der Waals surface area contributed by atoms with Gasteiger partial charge in [-0.15, -0.1) is 0 Å². The summed E-state index contributed by atoms with van der Waals surface area (Å²) in [6.07, 6.45) is 1.43. The number of amides is 1. The molecule has 0 aliphatic rings. The molecule has 0 saturated carbocycles. The normalized spacial score (nSPS) is 12.1. The zero-order chi connectivity index (χ0) is 15.5. The number of sulfonamides is 1. The maximum Gasteiger partial charge on any atom is 0.248 e. The van der Waals surface area contributed by atoms with Crippen LogP contribution in [0.2, 0.25) is 0 Å². The van der Waals surface area contributed by atoms with E-state index in [1.165, 1.54) is 29.6 Å². The van der Waals surface area contributed by atoms with E-state index in [1.807, 2.05) is 13.8 Å². The summed E-state index contributed by atoms with van der Waals surface area (Å²) in [6, 6.07) is 3.89. The predicted octanol–water partition coefficient (Wildman–Crippen LogP) is 1.18. The number of primary amides is 1. The summed E-state index contributed by atoms with van der Waals surface area (Å²) >= 11 is 0. The lowest BCUT2D eigenvalue weighted by Gasteiger charge is -2.26. The van der Waals surface area contributed by atoms with Crippen molar-refractivity contribution in [3.05, 3.63) is 23.8 Å². The van der Waals surface area contributed by atoms with Gasteiger partial charge < -0.3 is 11.5 Å². The third kappa shape index (κ3) is 3.10. The number of nitrogens with zero attached hydrogens (tertiary/aromatic N) is 1. The molecule has 0 saturated heterocycles. The molecule has 1 aromatic carbocycles. The van der Waals surface area contributed by atoms with Crippen molar-refractivity contribution < 1.29 is 13.2 Å². The van der Waals surface area contributed by atoms with Gasteiger partial charge in [-0.25, -0.2) is 8.42 Å². The van der Waals surface area contributed by atoms with E-state index in [0.29, 0.717) is 12.8 Å². The molecule has 0 unspecified atom stereocenters. The fraction of sp³-hybridized carbons (Fsp3) is 0.462. The van der Waals surface area contributed by atoms with Crippen molar-refractivity contribution in [2.24, 2.45) is 5.73 Å². The van der Waals surface area contributed by atoms with Gasteiger partial charge in [-0.1, -0.05) is 13.8 Å². The van der Waals surface area contributed by atoms with Crippen LogP contribution in [0.25, 0.3) is 0 Å². The number of benzene rings is 1. The van der Waals surface area contributed by atoms with Gasteiger partial charge >= 0.3 is 0 Å². The molecule has 0 aromatic heterocycles. The molecule has 1 aromatic rings. The fourth-order valence-corrected chi connectivity index (χ4v) is 3.69. The van der Waals surface area contributed by atoms with E-state index in [0.717, 1.165) is 0 Å². The van der Waals surface area contributed by atoms with Crippen LogP contribution >= 0.6 is 0 Å². The largest absolute Gasteiger partial charge is 0.398 e. The zero-order valence-corrected chi connectivity index (χ0v) is 12.8. The van der Waals surface area contributed by atoms with Crippen molar-refractivity contribution in [2.75, 3.05) is 12.8 Å². The molecule has 0 heterocycles. The monoisotopic (exact) mass is 299 g/mol. The minimum Gasteiger partial charge on any atom is -0.398 e. The van der Waals surface area contributed by atoms with Crippen molar-refractivity contribution in [2.45, 2.75) is 37.6 Å². The summed E-state index contributed by atoms with van der Waals surface area (Å²) in [5, 5.41) is 0. The highest BCUT2D eigenvalue weighted by Gasteiger charge is 2.28. The second-order valence-corrected chi connectivity index (χ2v) is 6.57. The van der Waals surface area contributed by atoms with Crippen molar-refractivity contribution in [1.82, 2.24) is 4.31 Å².